The molecule has 2 aromatic rings. The fourth-order valence-electron chi connectivity index (χ4n) is 1.44. The van der Waals surface area contributed by atoms with Crippen molar-refractivity contribution in [3.05, 3.63) is 38.4 Å². The summed E-state index contributed by atoms with van der Waals surface area (Å²) < 4.78 is 0. The first-order valence-corrected chi connectivity index (χ1v) is 5.70. The molecule has 16 heavy (non-hydrogen) atoms. The fraction of sp³-hybridized carbons (Fsp3) is 0.182. The number of rotatable bonds is 2. The predicted octanol–water partition coefficient (Wildman–Crippen LogP) is 1.93. The van der Waals surface area contributed by atoms with E-state index < -0.39 is 0 Å². The Morgan fingerprint density at radius 2 is 2.44 bits per heavy atom. The van der Waals surface area contributed by atoms with E-state index in [2.05, 4.69) is 16.9 Å². The second-order valence-corrected chi connectivity index (χ2v) is 4.20. The number of aromatic nitrogens is 2. The molecule has 0 aliphatic heterocycles. The Bertz CT molecular complexity index is 606. The fourth-order valence-corrected chi connectivity index (χ4v) is 2.26. The lowest BCUT2D eigenvalue weighted by atomic mass is 10.2. The van der Waals surface area contributed by atoms with E-state index in [1.807, 2.05) is 11.4 Å². The van der Waals surface area contributed by atoms with E-state index in [0.717, 1.165) is 12.0 Å². The molecule has 5 heteroatoms. The lowest BCUT2D eigenvalue weighted by Crippen LogP contribution is -2.12. The smallest absolute Gasteiger partial charge is 0.269 e. The van der Waals surface area contributed by atoms with Crippen LogP contribution >= 0.6 is 11.3 Å². The number of aromatic amines is 1. The van der Waals surface area contributed by atoms with Crippen molar-refractivity contribution in [3.63, 3.8) is 0 Å². The van der Waals surface area contributed by atoms with Gasteiger partial charge in [0.1, 0.15) is 17.5 Å². The highest BCUT2D eigenvalue weighted by atomic mass is 32.1. The summed E-state index contributed by atoms with van der Waals surface area (Å²) in [5.41, 5.74) is 0.590. The summed E-state index contributed by atoms with van der Waals surface area (Å²) in [5, 5.41) is 10.6. The van der Waals surface area contributed by atoms with Crippen molar-refractivity contribution in [2.24, 2.45) is 0 Å². The van der Waals surface area contributed by atoms with Gasteiger partial charge >= 0.3 is 0 Å². The van der Waals surface area contributed by atoms with Gasteiger partial charge in [0, 0.05) is 10.4 Å². The molecule has 2 heterocycles. The van der Waals surface area contributed by atoms with Crippen LogP contribution in [0.4, 0.5) is 0 Å². The van der Waals surface area contributed by atoms with E-state index in [-0.39, 0.29) is 11.1 Å². The zero-order valence-electron chi connectivity index (χ0n) is 8.65. The zero-order valence-corrected chi connectivity index (χ0v) is 9.47. The van der Waals surface area contributed by atoms with Gasteiger partial charge in [-0.15, -0.1) is 11.3 Å². The standard InChI is InChI=1S/C11H9N3OS/c1-2-9-8(3-4-16-9)10-13-6-7(5-12)11(15)14-10/h3-4,6H,2H2,1H3,(H,13,14,15). The van der Waals surface area contributed by atoms with Crippen molar-refractivity contribution in [1.29, 1.82) is 5.26 Å². The Morgan fingerprint density at radius 1 is 1.62 bits per heavy atom. The van der Waals surface area contributed by atoms with Gasteiger partial charge in [-0.05, 0) is 17.9 Å². The number of nitriles is 1. The molecule has 80 valence electrons. The van der Waals surface area contributed by atoms with Crippen molar-refractivity contribution in [2.75, 3.05) is 0 Å². The zero-order chi connectivity index (χ0) is 11.5. The summed E-state index contributed by atoms with van der Waals surface area (Å²) in [7, 11) is 0. The van der Waals surface area contributed by atoms with Crippen LogP contribution in [0.15, 0.2) is 22.4 Å². The number of hydrogen-bond donors (Lipinski definition) is 1. The normalized spacial score (nSPS) is 10.0. The van der Waals surface area contributed by atoms with E-state index in [1.165, 1.54) is 11.1 Å². The largest absolute Gasteiger partial charge is 0.305 e. The minimum absolute atomic E-state index is 0.0389. The monoisotopic (exact) mass is 231 g/mol. The second-order valence-electron chi connectivity index (χ2n) is 3.20. The Kier molecular flexibility index (Phi) is 2.84. The molecular weight excluding hydrogens is 222 g/mol. The SMILES string of the molecule is CCc1sccc1-c1ncc(C#N)c(=O)[nH]1. The molecule has 0 saturated carbocycles. The summed E-state index contributed by atoms with van der Waals surface area (Å²) in [6.45, 7) is 2.05. The van der Waals surface area contributed by atoms with Crippen molar-refractivity contribution in [2.45, 2.75) is 13.3 Å². The van der Waals surface area contributed by atoms with Gasteiger partial charge < -0.3 is 4.98 Å². The Hall–Kier alpha value is -1.93. The van der Waals surface area contributed by atoms with Gasteiger partial charge in [0.2, 0.25) is 0 Å². The second kappa shape index (κ2) is 4.29. The van der Waals surface area contributed by atoms with Crippen LogP contribution < -0.4 is 5.56 Å². The molecule has 0 aliphatic rings. The molecule has 0 unspecified atom stereocenters. The van der Waals surface area contributed by atoms with E-state index in [9.17, 15) is 4.79 Å². The van der Waals surface area contributed by atoms with Crippen LogP contribution in [0.1, 0.15) is 17.4 Å². The molecule has 0 aliphatic carbocycles. The van der Waals surface area contributed by atoms with Gasteiger partial charge in [-0.1, -0.05) is 6.92 Å². The number of nitrogens with one attached hydrogen (secondary N) is 1. The summed E-state index contributed by atoms with van der Waals surface area (Å²) in [4.78, 5) is 19.3. The molecular formula is C11H9N3OS. The Morgan fingerprint density at radius 3 is 3.06 bits per heavy atom. The van der Waals surface area contributed by atoms with E-state index in [1.54, 1.807) is 17.4 Å². The van der Waals surface area contributed by atoms with E-state index in [0.29, 0.717) is 5.82 Å². The minimum atomic E-state index is -0.388. The summed E-state index contributed by atoms with van der Waals surface area (Å²) in [6, 6.07) is 3.72. The average Bonchev–Trinajstić information content (AvgIpc) is 2.77. The molecule has 0 atom stereocenters. The highest BCUT2D eigenvalue weighted by molar-refractivity contribution is 7.10. The van der Waals surface area contributed by atoms with Crippen LogP contribution in [0.2, 0.25) is 0 Å². The van der Waals surface area contributed by atoms with Crippen molar-refractivity contribution >= 4 is 11.3 Å². The van der Waals surface area contributed by atoms with Crippen LogP contribution in [-0.4, -0.2) is 9.97 Å². The number of thiophene rings is 1. The first-order valence-electron chi connectivity index (χ1n) is 4.82. The van der Waals surface area contributed by atoms with Gasteiger partial charge in [0.05, 0.1) is 6.20 Å². The summed E-state index contributed by atoms with van der Waals surface area (Å²) in [6.07, 6.45) is 2.21. The first-order chi connectivity index (χ1) is 7.76. The highest BCUT2D eigenvalue weighted by Gasteiger charge is 2.08. The highest BCUT2D eigenvalue weighted by Crippen LogP contribution is 2.25. The van der Waals surface area contributed by atoms with Gasteiger partial charge in [-0.3, -0.25) is 4.79 Å². The minimum Gasteiger partial charge on any atom is -0.305 e. The van der Waals surface area contributed by atoms with E-state index >= 15 is 0 Å². The topological polar surface area (TPSA) is 69.5 Å². The quantitative estimate of drug-likeness (QED) is 0.858. The third kappa shape index (κ3) is 1.75. The van der Waals surface area contributed by atoms with Gasteiger partial charge in [0.15, 0.2) is 0 Å². The Labute approximate surface area is 96.2 Å². The molecule has 2 aromatic heterocycles. The van der Waals surface area contributed by atoms with Crippen LogP contribution in [-0.2, 0) is 6.42 Å². The van der Waals surface area contributed by atoms with Gasteiger partial charge in [0.25, 0.3) is 5.56 Å². The average molecular weight is 231 g/mol. The van der Waals surface area contributed by atoms with Crippen molar-refractivity contribution < 1.29 is 0 Å². The summed E-state index contributed by atoms with van der Waals surface area (Å²) in [5.74, 6) is 0.530. The van der Waals surface area contributed by atoms with Crippen LogP contribution in [0, 0.1) is 11.3 Å². The molecule has 0 spiro atoms. The molecule has 0 fully saturated rings. The molecule has 0 radical (unpaired) electrons. The van der Waals surface area contributed by atoms with Crippen molar-refractivity contribution in [1.82, 2.24) is 9.97 Å². The maximum absolute atomic E-state index is 11.5. The third-order valence-corrected chi connectivity index (χ3v) is 3.31. The number of aryl methyl sites for hydroxylation is 1. The summed E-state index contributed by atoms with van der Waals surface area (Å²) >= 11 is 1.63. The molecule has 1 N–H and O–H groups in total. The lowest BCUT2D eigenvalue weighted by molar-refractivity contribution is 1.10. The number of nitrogens with zero attached hydrogens (tertiary/aromatic N) is 2. The van der Waals surface area contributed by atoms with Crippen LogP contribution in [0.3, 0.4) is 0 Å². The molecule has 0 aromatic carbocycles. The third-order valence-electron chi connectivity index (χ3n) is 2.24. The molecule has 0 amide bonds. The number of H-pyrrole nitrogens is 1. The Balaban J connectivity index is 2.55. The van der Waals surface area contributed by atoms with Crippen LogP contribution in [0.25, 0.3) is 11.4 Å². The molecule has 0 saturated heterocycles. The predicted molar refractivity (Wildman–Crippen MR) is 62.3 cm³/mol. The number of hydrogen-bond acceptors (Lipinski definition) is 4. The van der Waals surface area contributed by atoms with Gasteiger partial charge in [-0.2, -0.15) is 5.26 Å². The van der Waals surface area contributed by atoms with Crippen LogP contribution in [0.5, 0.6) is 0 Å². The van der Waals surface area contributed by atoms with Gasteiger partial charge in [-0.25, -0.2) is 4.98 Å². The lowest BCUT2D eigenvalue weighted by Gasteiger charge is -2.00. The molecule has 0 bridgehead atoms. The molecule has 2 rings (SSSR count). The first kappa shape index (κ1) is 10.6. The maximum Gasteiger partial charge on any atom is 0.269 e. The molecule has 4 nitrogen and oxygen atoms in total. The maximum atomic E-state index is 11.5. The van der Waals surface area contributed by atoms with Crippen molar-refractivity contribution in [3.8, 4) is 17.5 Å². The van der Waals surface area contributed by atoms with E-state index in [4.69, 9.17) is 5.26 Å².